The van der Waals surface area contributed by atoms with Crippen molar-refractivity contribution in [3.63, 3.8) is 0 Å². The average molecular weight is 269 g/mol. The molecule has 2 rings (SSSR count). The lowest BCUT2D eigenvalue weighted by Gasteiger charge is -2.35. The van der Waals surface area contributed by atoms with Crippen LogP contribution < -0.4 is 10.2 Å². The second-order valence-electron chi connectivity index (χ2n) is 4.94. The van der Waals surface area contributed by atoms with E-state index in [2.05, 4.69) is 10.3 Å². The quantitative estimate of drug-likeness (QED) is 0.713. The summed E-state index contributed by atoms with van der Waals surface area (Å²) in [6.45, 7) is 4.04. The Morgan fingerprint density at radius 2 is 2.42 bits per heavy atom. The summed E-state index contributed by atoms with van der Waals surface area (Å²) < 4.78 is 14.1. The van der Waals surface area contributed by atoms with Crippen LogP contribution in [0, 0.1) is 5.82 Å². The van der Waals surface area contributed by atoms with E-state index in [4.69, 9.17) is 5.11 Å². The van der Waals surface area contributed by atoms with E-state index in [9.17, 15) is 9.50 Å². The standard InChI is InChI=1S/C13H20FN3O2/c1-9-6-15-2-3-17(9)13-12(14)5-10(7-16-13)4-11(19)8-18/h5,7,9,11,15,18-19H,2-4,6,8H2,1H3. The Morgan fingerprint density at radius 1 is 1.63 bits per heavy atom. The molecule has 0 radical (unpaired) electrons. The summed E-state index contributed by atoms with van der Waals surface area (Å²) in [7, 11) is 0. The van der Waals surface area contributed by atoms with Crippen molar-refractivity contribution in [3.8, 4) is 0 Å². The highest BCUT2D eigenvalue weighted by Crippen LogP contribution is 2.20. The molecule has 1 aromatic heterocycles. The molecule has 0 amide bonds. The molecule has 106 valence electrons. The van der Waals surface area contributed by atoms with Gasteiger partial charge in [-0.15, -0.1) is 0 Å². The summed E-state index contributed by atoms with van der Waals surface area (Å²) in [6, 6.07) is 1.58. The molecule has 2 atom stereocenters. The van der Waals surface area contributed by atoms with E-state index in [0.29, 0.717) is 11.4 Å². The number of hydrogen-bond acceptors (Lipinski definition) is 5. The number of halogens is 1. The highest BCUT2D eigenvalue weighted by atomic mass is 19.1. The number of aliphatic hydroxyl groups excluding tert-OH is 2. The SMILES string of the molecule is CC1CNCCN1c1ncc(CC(O)CO)cc1F. The summed E-state index contributed by atoms with van der Waals surface area (Å²) in [6.07, 6.45) is 0.897. The molecular weight excluding hydrogens is 249 g/mol. The second-order valence-corrected chi connectivity index (χ2v) is 4.94. The Labute approximate surface area is 112 Å². The Kier molecular flexibility index (Phi) is 4.68. The largest absolute Gasteiger partial charge is 0.394 e. The number of aliphatic hydroxyl groups is 2. The molecule has 1 aliphatic heterocycles. The minimum atomic E-state index is -0.870. The van der Waals surface area contributed by atoms with Crippen LogP contribution >= 0.6 is 0 Å². The minimum Gasteiger partial charge on any atom is -0.394 e. The molecule has 1 saturated heterocycles. The van der Waals surface area contributed by atoms with E-state index in [-0.39, 0.29) is 24.9 Å². The third-order valence-electron chi connectivity index (χ3n) is 3.33. The van der Waals surface area contributed by atoms with E-state index in [1.807, 2.05) is 11.8 Å². The third kappa shape index (κ3) is 3.40. The number of nitrogens with one attached hydrogen (secondary N) is 1. The Bertz CT molecular complexity index is 430. The van der Waals surface area contributed by atoms with Gasteiger partial charge in [0.05, 0.1) is 12.7 Å². The molecule has 0 spiro atoms. The molecule has 0 bridgehead atoms. The zero-order valence-corrected chi connectivity index (χ0v) is 11.0. The first-order valence-corrected chi connectivity index (χ1v) is 6.52. The van der Waals surface area contributed by atoms with Gasteiger partial charge in [0.1, 0.15) is 0 Å². The van der Waals surface area contributed by atoms with E-state index in [0.717, 1.165) is 19.6 Å². The number of anilines is 1. The summed E-state index contributed by atoms with van der Waals surface area (Å²) in [4.78, 5) is 6.11. The molecular formula is C13H20FN3O2. The van der Waals surface area contributed by atoms with Gasteiger partial charge in [-0.1, -0.05) is 0 Å². The van der Waals surface area contributed by atoms with Gasteiger partial charge in [-0.05, 0) is 18.6 Å². The molecule has 0 saturated carbocycles. The highest BCUT2D eigenvalue weighted by molar-refractivity contribution is 5.43. The molecule has 2 heterocycles. The van der Waals surface area contributed by atoms with Gasteiger partial charge in [-0.3, -0.25) is 0 Å². The van der Waals surface area contributed by atoms with Gasteiger partial charge < -0.3 is 20.4 Å². The maximum atomic E-state index is 14.1. The van der Waals surface area contributed by atoms with Gasteiger partial charge in [0.15, 0.2) is 11.6 Å². The first-order chi connectivity index (χ1) is 9.11. The van der Waals surface area contributed by atoms with Crippen molar-refractivity contribution in [2.45, 2.75) is 25.5 Å². The van der Waals surface area contributed by atoms with Crippen molar-refractivity contribution in [1.29, 1.82) is 0 Å². The van der Waals surface area contributed by atoms with Crippen molar-refractivity contribution in [1.82, 2.24) is 10.3 Å². The maximum Gasteiger partial charge on any atom is 0.165 e. The van der Waals surface area contributed by atoms with Gasteiger partial charge in [0, 0.05) is 38.3 Å². The molecule has 19 heavy (non-hydrogen) atoms. The van der Waals surface area contributed by atoms with E-state index in [1.54, 1.807) is 6.20 Å². The Hall–Kier alpha value is -1.24. The van der Waals surface area contributed by atoms with E-state index < -0.39 is 6.10 Å². The van der Waals surface area contributed by atoms with Crippen LogP contribution in [0.3, 0.4) is 0 Å². The number of rotatable bonds is 4. The second kappa shape index (κ2) is 6.27. The number of pyridine rings is 1. The zero-order valence-electron chi connectivity index (χ0n) is 11.0. The number of piperazine rings is 1. The van der Waals surface area contributed by atoms with Crippen LogP contribution in [0.4, 0.5) is 10.2 Å². The third-order valence-corrected chi connectivity index (χ3v) is 3.33. The first kappa shape index (κ1) is 14.2. The van der Waals surface area contributed by atoms with Crippen molar-refractivity contribution >= 4 is 5.82 Å². The van der Waals surface area contributed by atoms with Crippen LogP contribution in [0.25, 0.3) is 0 Å². The number of nitrogens with zero attached hydrogens (tertiary/aromatic N) is 2. The van der Waals surface area contributed by atoms with Crippen molar-refractivity contribution in [2.24, 2.45) is 0 Å². The minimum absolute atomic E-state index is 0.199. The van der Waals surface area contributed by atoms with Crippen LogP contribution in [0.1, 0.15) is 12.5 Å². The lowest BCUT2D eigenvalue weighted by atomic mass is 10.1. The van der Waals surface area contributed by atoms with Crippen molar-refractivity contribution in [2.75, 3.05) is 31.1 Å². The smallest absolute Gasteiger partial charge is 0.165 e. The molecule has 5 nitrogen and oxygen atoms in total. The van der Waals surface area contributed by atoms with Gasteiger partial charge in [0.25, 0.3) is 0 Å². The molecule has 1 aromatic rings. The summed E-state index contributed by atoms with van der Waals surface area (Å²) >= 11 is 0. The molecule has 1 aliphatic rings. The van der Waals surface area contributed by atoms with Gasteiger partial charge >= 0.3 is 0 Å². The number of aromatic nitrogens is 1. The molecule has 2 unspecified atom stereocenters. The van der Waals surface area contributed by atoms with Gasteiger partial charge in [-0.25, -0.2) is 9.37 Å². The molecule has 0 aromatic carbocycles. The Morgan fingerprint density at radius 3 is 3.05 bits per heavy atom. The normalized spacial score (nSPS) is 21.5. The summed E-state index contributed by atoms with van der Waals surface area (Å²) in [5.74, 6) is -0.0207. The predicted octanol–water partition coefficient (Wildman–Crippen LogP) is -0.0855. The highest BCUT2D eigenvalue weighted by Gasteiger charge is 2.22. The first-order valence-electron chi connectivity index (χ1n) is 6.52. The lowest BCUT2D eigenvalue weighted by molar-refractivity contribution is 0.0954. The molecule has 1 fully saturated rings. The molecule has 3 N–H and O–H groups in total. The fourth-order valence-corrected chi connectivity index (χ4v) is 2.29. The topological polar surface area (TPSA) is 68.6 Å². The van der Waals surface area contributed by atoms with E-state index in [1.165, 1.54) is 6.07 Å². The van der Waals surface area contributed by atoms with Crippen LogP contribution in [0.2, 0.25) is 0 Å². The molecule has 0 aliphatic carbocycles. The number of hydrogen-bond donors (Lipinski definition) is 3. The van der Waals surface area contributed by atoms with Crippen molar-refractivity contribution in [3.05, 3.63) is 23.6 Å². The predicted molar refractivity (Wildman–Crippen MR) is 70.7 cm³/mol. The fourth-order valence-electron chi connectivity index (χ4n) is 2.29. The van der Waals surface area contributed by atoms with Crippen LogP contribution in [-0.4, -0.2) is 53.6 Å². The fraction of sp³-hybridized carbons (Fsp3) is 0.615. The van der Waals surface area contributed by atoms with Gasteiger partial charge in [0.2, 0.25) is 0 Å². The maximum absolute atomic E-state index is 14.1. The van der Waals surface area contributed by atoms with Crippen LogP contribution in [0.15, 0.2) is 12.3 Å². The summed E-state index contributed by atoms with van der Waals surface area (Å²) in [5, 5.41) is 21.4. The van der Waals surface area contributed by atoms with Crippen LogP contribution in [0.5, 0.6) is 0 Å². The van der Waals surface area contributed by atoms with Crippen molar-refractivity contribution < 1.29 is 14.6 Å². The van der Waals surface area contributed by atoms with Gasteiger partial charge in [-0.2, -0.15) is 0 Å². The monoisotopic (exact) mass is 269 g/mol. The summed E-state index contributed by atoms with van der Waals surface area (Å²) in [5.41, 5.74) is 0.589. The average Bonchev–Trinajstić information content (AvgIpc) is 2.40. The van der Waals surface area contributed by atoms with Crippen LogP contribution in [-0.2, 0) is 6.42 Å². The molecule has 6 heteroatoms. The Balaban J connectivity index is 2.14. The van der Waals surface area contributed by atoms with E-state index >= 15 is 0 Å². The zero-order chi connectivity index (χ0) is 13.8. The lowest BCUT2D eigenvalue weighted by Crippen LogP contribution is -2.50.